The first-order chi connectivity index (χ1) is 7.47. The minimum atomic E-state index is -4.68. The van der Waals surface area contributed by atoms with Crippen LogP contribution in [0.15, 0.2) is 30.6 Å². The first-order valence-corrected chi connectivity index (χ1v) is 4.56. The molecular weight excluding hydrogens is 219 g/mol. The van der Waals surface area contributed by atoms with Crippen LogP contribution in [0.1, 0.15) is 5.56 Å². The fourth-order valence-corrected chi connectivity index (χ4v) is 1.58. The van der Waals surface area contributed by atoms with Crippen LogP contribution in [-0.2, 0) is 0 Å². The molecule has 1 aromatic carbocycles. The van der Waals surface area contributed by atoms with Crippen LogP contribution in [0.2, 0.25) is 0 Å². The highest BCUT2D eigenvalue weighted by molar-refractivity contribution is 5.90. The van der Waals surface area contributed by atoms with Gasteiger partial charge in [-0.15, -0.1) is 13.2 Å². The van der Waals surface area contributed by atoms with Gasteiger partial charge in [-0.05, 0) is 18.6 Å². The summed E-state index contributed by atoms with van der Waals surface area (Å²) in [5.41, 5.74) is 0.650. The normalized spacial score (nSPS) is 11.8. The average Bonchev–Trinajstić information content (AvgIpc) is 2.15. The van der Waals surface area contributed by atoms with Crippen LogP contribution >= 0.6 is 0 Å². The van der Waals surface area contributed by atoms with Gasteiger partial charge in [0.2, 0.25) is 0 Å². The molecule has 0 saturated heterocycles. The summed E-state index contributed by atoms with van der Waals surface area (Å²) in [6.07, 6.45) is -1.67. The predicted octanol–water partition coefficient (Wildman–Crippen LogP) is 3.44. The van der Waals surface area contributed by atoms with Crippen LogP contribution in [0.4, 0.5) is 13.2 Å². The van der Waals surface area contributed by atoms with Gasteiger partial charge in [-0.25, -0.2) is 0 Å². The lowest BCUT2D eigenvalue weighted by Gasteiger charge is -2.12. The lowest BCUT2D eigenvalue weighted by atomic mass is 10.1. The van der Waals surface area contributed by atoms with E-state index in [1.807, 2.05) is 0 Å². The second-order valence-corrected chi connectivity index (χ2v) is 3.36. The molecule has 2 aromatic rings. The summed E-state index contributed by atoms with van der Waals surface area (Å²) >= 11 is 0. The van der Waals surface area contributed by atoms with E-state index in [-0.39, 0.29) is 5.75 Å². The molecule has 84 valence electrons. The summed E-state index contributed by atoms with van der Waals surface area (Å²) in [7, 11) is 0. The van der Waals surface area contributed by atoms with E-state index in [0.717, 1.165) is 0 Å². The van der Waals surface area contributed by atoms with E-state index in [0.29, 0.717) is 16.3 Å². The maximum Gasteiger partial charge on any atom is 0.573 e. The highest BCUT2D eigenvalue weighted by atomic mass is 19.4. The summed E-state index contributed by atoms with van der Waals surface area (Å²) in [5.74, 6) is -0.190. The molecule has 0 spiro atoms. The van der Waals surface area contributed by atoms with Crippen molar-refractivity contribution in [1.29, 1.82) is 0 Å². The third-order valence-electron chi connectivity index (χ3n) is 2.16. The van der Waals surface area contributed by atoms with E-state index >= 15 is 0 Å². The van der Waals surface area contributed by atoms with Gasteiger partial charge in [-0.2, -0.15) is 0 Å². The monoisotopic (exact) mass is 227 g/mol. The van der Waals surface area contributed by atoms with Gasteiger partial charge in [-0.1, -0.05) is 12.1 Å². The van der Waals surface area contributed by atoms with Gasteiger partial charge in [0, 0.05) is 23.2 Å². The quantitative estimate of drug-likeness (QED) is 0.744. The molecule has 0 atom stereocenters. The summed E-state index contributed by atoms with van der Waals surface area (Å²) in [6, 6.07) is 4.49. The molecule has 0 aliphatic rings. The lowest BCUT2D eigenvalue weighted by Crippen LogP contribution is -2.17. The van der Waals surface area contributed by atoms with Crippen molar-refractivity contribution in [3.8, 4) is 5.75 Å². The molecule has 0 fully saturated rings. The molecule has 0 aliphatic heterocycles. The number of aromatic nitrogens is 1. The molecule has 0 unspecified atom stereocenters. The smallest absolute Gasteiger partial charge is 0.405 e. The zero-order valence-corrected chi connectivity index (χ0v) is 8.38. The Hall–Kier alpha value is -1.78. The van der Waals surface area contributed by atoms with Crippen molar-refractivity contribution in [3.63, 3.8) is 0 Å². The fraction of sp³-hybridized carbons (Fsp3) is 0.182. The molecular formula is C11H8F3NO. The third kappa shape index (κ3) is 2.08. The van der Waals surface area contributed by atoms with Crippen molar-refractivity contribution in [3.05, 3.63) is 36.2 Å². The average molecular weight is 227 g/mol. The van der Waals surface area contributed by atoms with Gasteiger partial charge in [0.1, 0.15) is 5.75 Å². The van der Waals surface area contributed by atoms with Crippen LogP contribution in [0, 0.1) is 6.92 Å². The topological polar surface area (TPSA) is 22.1 Å². The van der Waals surface area contributed by atoms with E-state index in [9.17, 15) is 13.2 Å². The van der Waals surface area contributed by atoms with E-state index in [2.05, 4.69) is 9.72 Å². The molecule has 0 amide bonds. The Morgan fingerprint density at radius 1 is 1.19 bits per heavy atom. The number of alkyl halides is 3. The zero-order chi connectivity index (χ0) is 11.8. The Bertz CT molecular complexity index is 517. The van der Waals surface area contributed by atoms with Crippen molar-refractivity contribution in [2.24, 2.45) is 0 Å². The zero-order valence-electron chi connectivity index (χ0n) is 8.38. The molecule has 0 N–H and O–H groups in total. The van der Waals surface area contributed by atoms with Gasteiger partial charge in [0.15, 0.2) is 0 Å². The Labute approximate surface area is 89.7 Å². The van der Waals surface area contributed by atoms with Gasteiger partial charge >= 0.3 is 6.36 Å². The molecule has 1 aromatic heterocycles. The Morgan fingerprint density at radius 3 is 2.62 bits per heavy atom. The highest BCUT2D eigenvalue weighted by Crippen LogP contribution is 2.31. The molecule has 0 aliphatic carbocycles. The molecule has 16 heavy (non-hydrogen) atoms. The van der Waals surface area contributed by atoms with Gasteiger partial charge in [0.25, 0.3) is 0 Å². The van der Waals surface area contributed by atoms with Crippen LogP contribution in [0.5, 0.6) is 5.75 Å². The van der Waals surface area contributed by atoms with E-state index in [1.54, 1.807) is 13.0 Å². The van der Waals surface area contributed by atoms with Crippen LogP contribution in [0.25, 0.3) is 10.8 Å². The molecule has 2 nitrogen and oxygen atoms in total. The minimum absolute atomic E-state index is 0.190. The minimum Gasteiger partial charge on any atom is -0.405 e. The Morgan fingerprint density at radius 2 is 1.94 bits per heavy atom. The maximum absolute atomic E-state index is 12.2. The Kier molecular flexibility index (Phi) is 2.46. The second-order valence-electron chi connectivity index (χ2n) is 3.36. The first kappa shape index (κ1) is 10.7. The van der Waals surface area contributed by atoms with E-state index in [4.69, 9.17) is 0 Å². The van der Waals surface area contributed by atoms with Crippen molar-refractivity contribution in [2.75, 3.05) is 0 Å². The number of rotatable bonds is 1. The number of hydrogen-bond donors (Lipinski definition) is 0. The third-order valence-corrected chi connectivity index (χ3v) is 2.16. The van der Waals surface area contributed by atoms with Crippen LogP contribution in [-0.4, -0.2) is 11.3 Å². The molecule has 2 rings (SSSR count). The molecule has 0 saturated carbocycles. The first-order valence-electron chi connectivity index (χ1n) is 4.56. The number of ether oxygens (including phenoxy) is 1. The molecule has 1 heterocycles. The molecule has 0 bridgehead atoms. The largest absolute Gasteiger partial charge is 0.573 e. The lowest BCUT2D eigenvalue weighted by molar-refractivity contribution is -0.274. The predicted molar refractivity (Wildman–Crippen MR) is 53.2 cm³/mol. The van der Waals surface area contributed by atoms with Gasteiger partial charge in [0.05, 0.1) is 0 Å². The maximum atomic E-state index is 12.2. The molecule has 0 radical (unpaired) electrons. The number of benzene rings is 1. The van der Waals surface area contributed by atoms with E-state index < -0.39 is 6.36 Å². The van der Waals surface area contributed by atoms with Crippen molar-refractivity contribution < 1.29 is 17.9 Å². The standard InChI is InChI=1S/C11H8F3NO/c1-7-5-15-6-8-3-2-4-9(10(7)8)16-11(12,13)14/h2-6H,1H3. The number of aryl methyl sites for hydroxylation is 1. The number of halogens is 3. The van der Waals surface area contributed by atoms with Crippen LogP contribution in [0.3, 0.4) is 0 Å². The van der Waals surface area contributed by atoms with Gasteiger partial charge in [-0.3, -0.25) is 4.98 Å². The van der Waals surface area contributed by atoms with Crippen molar-refractivity contribution in [2.45, 2.75) is 13.3 Å². The number of fused-ring (bicyclic) bond motifs is 1. The fourth-order valence-electron chi connectivity index (χ4n) is 1.58. The van der Waals surface area contributed by atoms with Crippen LogP contribution < -0.4 is 4.74 Å². The number of nitrogens with zero attached hydrogens (tertiary/aromatic N) is 1. The second kappa shape index (κ2) is 3.66. The summed E-state index contributed by atoms with van der Waals surface area (Å²) < 4.78 is 40.5. The summed E-state index contributed by atoms with van der Waals surface area (Å²) in [4.78, 5) is 3.91. The van der Waals surface area contributed by atoms with E-state index in [1.165, 1.54) is 24.5 Å². The van der Waals surface area contributed by atoms with Crippen molar-refractivity contribution >= 4 is 10.8 Å². The highest BCUT2D eigenvalue weighted by Gasteiger charge is 2.31. The SMILES string of the molecule is Cc1cncc2cccc(OC(F)(F)F)c12. The Balaban J connectivity index is 2.61. The van der Waals surface area contributed by atoms with Crippen molar-refractivity contribution in [1.82, 2.24) is 4.98 Å². The van der Waals surface area contributed by atoms with Gasteiger partial charge < -0.3 is 4.74 Å². The number of pyridine rings is 1. The molecule has 5 heteroatoms. The summed E-state index contributed by atoms with van der Waals surface area (Å²) in [5, 5.41) is 1.07. The summed E-state index contributed by atoms with van der Waals surface area (Å²) in [6.45, 7) is 1.69. The number of hydrogen-bond acceptors (Lipinski definition) is 2.